The zero-order valence-electron chi connectivity index (χ0n) is 15.1. The topological polar surface area (TPSA) is 63.1 Å². The Kier molecular flexibility index (Phi) is 5.11. The summed E-state index contributed by atoms with van der Waals surface area (Å²) in [5.41, 5.74) is 3.42. The molecule has 0 aliphatic carbocycles. The first kappa shape index (κ1) is 17.6. The van der Waals surface area contributed by atoms with Gasteiger partial charge in [0.15, 0.2) is 5.16 Å². The highest BCUT2D eigenvalue weighted by Crippen LogP contribution is 2.31. The fraction of sp³-hybridized carbons (Fsp3) is 0.250. The maximum absolute atomic E-state index is 12.2. The molecule has 0 saturated carbocycles. The molecule has 138 valence electrons. The van der Waals surface area contributed by atoms with Gasteiger partial charge in [-0.05, 0) is 24.6 Å². The molecule has 27 heavy (non-hydrogen) atoms. The van der Waals surface area contributed by atoms with Crippen molar-refractivity contribution < 1.29 is 4.79 Å². The maximum Gasteiger partial charge on any atom is 0.232 e. The highest BCUT2D eigenvalue weighted by Gasteiger charge is 2.26. The smallest absolute Gasteiger partial charge is 0.232 e. The van der Waals surface area contributed by atoms with Crippen molar-refractivity contribution in [2.75, 3.05) is 17.2 Å². The average molecular weight is 379 g/mol. The molecule has 2 aromatic carbocycles. The lowest BCUT2D eigenvalue weighted by Crippen LogP contribution is -2.24. The summed E-state index contributed by atoms with van der Waals surface area (Å²) in [4.78, 5) is 14.3. The second kappa shape index (κ2) is 7.84. The Balaban J connectivity index is 1.33. The van der Waals surface area contributed by atoms with Crippen molar-refractivity contribution in [1.29, 1.82) is 0 Å². The standard InChI is InChI=1S/C20H21N5OS/c1-15-7-9-16(10-8-15)13-21-18(26)14-27-20-23-22-19-24(11-12-25(19)20)17-5-3-2-4-6-17/h2-10H,11-14H2,1H3,(H,21,26). The number of anilines is 2. The van der Waals surface area contributed by atoms with E-state index in [1.807, 2.05) is 42.5 Å². The van der Waals surface area contributed by atoms with E-state index in [0.29, 0.717) is 12.3 Å². The molecular weight excluding hydrogens is 358 g/mol. The number of para-hydroxylation sites is 1. The van der Waals surface area contributed by atoms with E-state index in [2.05, 4.69) is 44.0 Å². The number of nitrogens with zero attached hydrogens (tertiary/aromatic N) is 4. The maximum atomic E-state index is 12.2. The van der Waals surface area contributed by atoms with Crippen molar-refractivity contribution in [3.8, 4) is 0 Å². The molecule has 1 aromatic heterocycles. The molecule has 1 aliphatic rings. The zero-order chi connectivity index (χ0) is 18.6. The van der Waals surface area contributed by atoms with Crippen LogP contribution in [0.2, 0.25) is 0 Å². The highest BCUT2D eigenvalue weighted by molar-refractivity contribution is 7.99. The van der Waals surface area contributed by atoms with Crippen LogP contribution in [-0.4, -0.2) is 33.0 Å². The Hall–Kier alpha value is -2.80. The van der Waals surface area contributed by atoms with Crippen molar-refractivity contribution in [1.82, 2.24) is 20.1 Å². The highest BCUT2D eigenvalue weighted by atomic mass is 32.2. The fourth-order valence-electron chi connectivity index (χ4n) is 3.02. The third-order valence-electron chi connectivity index (χ3n) is 4.50. The third kappa shape index (κ3) is 3.98. The Labute approximate surface area is 162 Å². The molecule has 1 amide bonds. The van der Waals surface area contributed by atoms with Crippen molar-refractivity contribution in [2.45, 2.75) is 25.2 Å². The Morgan fingerprint density at radius 3 is 2.63 bits per heavy atom. The van der Waals surface area contributed by atoms with Crippen molar-refractivity contribution in [3.63, 3.8) is 0 Å². The van der Waals surface area contributed by atoms with Crippen molar-refractivity contribution >= 4 is 29.3 Å². The number of amides is 1. The van der Waals surface area contributed by atoms with Gasteiger partial charge in [-0.3, -0.25) is 9.36 Å². The number of nitrogens with one attached hydrogen (secondary N) is 1. The molecule has 1 N–H and O–H groups in total. The molecule has 1 aliphatic heterocycles. The SMILES string of the molecule is Cc1ccc(CNC(=O)CSc2nnc3n2CCN3c2ccccc2)cc1. The quantitative estimate of drug-likeness (QED) is 0.667. The van der Waals surface area contributed by atoms with Crippen LogP contribution in [0.25, 0.3) is 0 Å². The molecule has 0 atom stereocenters. The van der Waals surface area contributed by atoms with Gasteiger partial charge in [-0.2, -0.15) is 0 Å². The molecule has 0 fully saturated rings. The van der Waals surface area contributed by atoms with Gasteiger partial charge in [0.1, 0.15) is 0 Å². The van der Waals surface area contributed by atoms with Crippen LogP contribution < -0.4 is 10.2 Å². The first-order valence-electron chi connectivity index (χ1n) is 8.91. The monoisotopic (exact) mass is 379 g/mol. The summed E-state index contributed by atoms with van der Waals surface area (Å²) in [5, 5.41) is 12.3. The molecule has 0 unspecified atom stereocenters. The van der Waals surface area contributed by atoms with Crippen molar-refractivity contribution in [3.05, 3.63) is 65.7 Å². The lowest BCUT2D eigenvalue weighted by Gasteiger charge is -2.14. The number of thioether (sulfide) groups is 1. The Morgan fingerprint density at radius 2 is 1.85 bits per heavy atom. The van der Waals surface area contributed by atoms with Crippen LogP contribution >= 0.6 is 11.8 Å². The van der Waals surface area contributed by atoms with E-state index in [-0.39, 0.29) is 5.91 Å². The Bertz CT molecular complexity index is 923. The van der Waals surface area contributed by atoms with Gasteiger partial charge in [0.2, 0.25) is 11.9 Å². The largest absolute Gasteiger partial charge is 0.351 e. The van der Waals surface area contributed by atoms with E-state index in [1.165, 1.54) is 17.3 Å². The molecule has 2 heterocycles. The summed E-state index contributed by atoms with van der Waals surface area (Å²) in [6.07, 6.45) is 0. The Morgan fingerprint density at radius 1 is 1.07 bits per heavy atom. The van der Waals surface area contributed by atoms with Crippen LogP contribution in [0.1, 0.15) is 11.1 Å². The number of benzene rings is 2. The molecule has 6 nitrogen and oxygen atoms in total. The lowest BCUT2D eigenvalue weighted by atomic mass is 10.1. The molecule has 3 aromatic rings. The lowest BCUT2D eigenvalue weighted by molar-refractivity contribution is -0.118. The number of rotatable bonds is 6. The van der Waals surface area contributed by atoms with Crippen LogP contribution in [0, 0.1) is 6.92 Å². The summed E-state index contributed by atoms with van der Waals surface area (Å²) >= 11 is 1.43. The number of hydrogen-bond acceptors (Lipinski definition) is 5. The molecule has 0 radical (unpaired) electrons. The third-order valence-corrected chi connectivity index (χ3v) is 5.46. The molecular formula is C20H21N5OS. The summed E-state index contributed by atoms with van der Waals surface area (Å²) in [7, 11) is 0. The van der Waals surface area contributed by atoms with Gasteiger partial charge in [0, 0.05) is 25.3 Å². The fourth-order valence-corrected chi connectivity index (χ4v) is 3.81. The minimum atomic E-state index is -0.00385. The molecule has 0 spiro atoms. The molecule has 4 rings (SSSR count). The first-order chi connectivity index (χ1) is 13.2. The number of carbonyl (C=O) groups is 1. The normalized spacial score (nSPS) is 12.9. The van der Waals surface area contributed by atoms with Gasteiger partial charge in [-0.25, -0.2) is 0 Å². The van der Waals surface area contributed by atoms with E-state index < -0.39 is 0 Å². The predicted octanol–water partition coefficient (Wildman–Crippen LogP) is 3.15. The summed E-state index contributed by atoms with van der Waals surface area (Å²) in [6.45, 7) is 4.28. The van der Waals surface area contributed by atoms with Gasteiger partial charge in [0.05, 0.1) is 5.75 Å². The second-order valence-corrected chi connectivity index (χ2v) is 7.41. The first-order valence-corrected chi connectivity index (χ1v) is 9.90. The van der Waals surface area contributed by atoms with Gasteiger partial charge in [-0.1, -0.05) is 59.8 Å². The molecule has 0 bridgehead atoms. The number of aromatic nitrogens is 3. The molecule has 0 saturated heterocycles. The van der Waals surface area contributed by atoms with E-state index in [4.69, 9.17) is 0 Å². The van der Waals surface area contributed by atoms with Crippen molar-refractivity contribution in [2.24, 2.45) is 0 Å². The minimum Gasteiger partial charge on any atom is -0.351 e. The second-order valence-electron chi connectivity index (χ2n) is 6.47. The molecule has 7 heteroatoms. The van der Waals surface area contributed by atoms with Crippen LogP contribution in [0.15, 0.2) is 59.8 Å². The van der Waals surface area contributed by atoms with Crippen LogP contribution in [0.5, 0.6) is 0 Å². The number of hydrogen-bond donors (Lipinski definition) is 1. The number of aryl methyl sites for hydroxylation is 1. The zero-order valence-corrected chi connectivity index (χ0v) is 15.9. The minimum absolute atomic E-state index is 0.00385. The summed E-state index contributed by atoms with van der Waals surface area (Å²) < 4.78 is 2.07. The van der Waals surface area contributed by atoms with Gasteiger partial charge < -0.3 is 10.2 Å². The van der Waals surface area contributed by atoms with E-state index in [9.17, 15) is 4.79 Å². The van der Waals surface area contributed by atoms with Gasteiger partial charge in [-0.15, -0.1) is 10.2 Å². The predicted molar refractivity (Wildman–Crippen MR) is 107 cm³/mol. The van der Waals surface area contributed by atoms with Gasteiger partial charge >= 0.3 is 0 Å². The van der Waals surface area contributed by atoms with E-state index >= 15 is 0 Å². The number of fused-ring (bicyclic) bond motifs is 1. The van der Waals surface area contributed by atoms with E-state index in [0.717, 1.165) is 35.4 Å². The van der Waals surface area contributed by atoms with Crippen LogP contribution in [0.3, 0.4) is 0 Å². The van der Waals surface area contributed by atoms with Crippen LogP contribution in [0.4, 0.5) is 11.6 Å². The number of carbonyl (C=O) groups excluding carboxylic acids is 1. The van der Waals surface area contributed by atoms with E-state index in [1.54, 1.807) is 0 Å². The average Bonchev–Trinajstić information content (AvgIpc) is 3.29. The van der Waals surface area contributed by atoms with Gasteiger partial charge in [0.25, 0.3) is 0 Å². The summed E-state index contributed by atoms with van der Waals surface area (Å²) in [5.74, 6) is 1.16. The summed E-state index contributed by atoms with van der Waals surface area (Å²) in [6, 6.07) is 18.3. The van der Waals surface area contributed by atoms with Crippen LogP contribution in [-0.2, 0) is 17.9 Å².